The van der Waals surface area contributed by atoms with Crippen molar-refractivity contribution in [2.45, 2.75) is 76.2 Å². The van der Waals surface area contributed by atoms with Crippen LogP contribution >= 0.6 is 0 Å². The molecule has 4 saturated carbocycles. The summed E-state index contributed by atoms with van der Waals surface area (Å²) < 4.78 is 27.9. The van der Waals surface area contributed by atoms with Gasteiger partial charge in [0.15, 0.2) is 0 Å². The van der Waals surface area contributed by atoms with E-state index in [1.54, 1.807) is 12.1 Å². The molecule has 4 aliphatic carbocycles. The van der Waals surface area contributed by atoms with Crippen LogP contribution in [0.15, 0.2) is 23.2 Å². The highest BCUT2D eigenvalue weighted by Crippen LogP contribution is 2.60. The summed E-state index contributed by atoms with van der Waals surface area (Å²) in [6, 6.07) is 3.32. The van der Waals surface area contributed by atoms with Crippen molar-refractivity contribution in [1.29, 1.82) is 0 Å². The van der Waals surface area contributed by atoms with Crippen LogP contribution in [0.5, 0.6) is 0 Å². The van der Waals surface area contributed by atoms with Gasteiger partial charge in [-0.15, -0.1) is 0 Å². The summed E-state index contributed by atoms with van der Waals surface area (Å²) in [6.07, 6.45) is 10.6. The molecule has 1 atom stereocenters. The lowest BCUT2D eigenvalue weighted by molar-refractivity contribution is -0.158. The first kappa shape index (κ1) is 23.1. The smallest absolute Gasteiger partial charge is 0.242 e. The van der Waals surface area contributed by atoms with Gasteiger partial charge in [-0.05, 0) is 81.8 Å². The molecule has 5 aliphatic rings. The van der Waals surface area contributed by atoms with Gasteiger partial charge in [-0.25, -0.2) is 18.1 Å². The number of hydrogen-bond acceptors (Lipinski definition) is 5. The van der Waals surface area contributed by atoms with E-state index in [-0.39, 0.29) is 16.4 Å². The van der Waals surface area contributed by atoms with Gasteiger partial charge in [0.05, 0.1) is 5.41 Å². The number of rotatable bonds is 7. The molecule has 182 valence electrons. The molecule has 1 unspecified atom stereocenters. The average Bonchev–Trinajstić information content (AvgIpc) is 2.78. The first-order valence-electron chi connectivity index (χ1n) is 12.8. The van der Waals surface area contributed by atoms with Crippen molar-refractivity contribution in [3.8, 4) is 0 Å². The Bertz CT molecular complexity index is 935. The molecule has 1 N–H and O–H groups in total. The van der Waals surface area contributed by atoms with Crippen LogP contribution < -0.4 is 9.62 Å². The Morgan fingerprint density at radius 2 is 1.70 bits per heavy atom. The number of carbonyl (C=O) groups excluding carboxylic acids is 1. The van der Waals surface area contributed by atoms with Crippen LogP contribution in [-0.4, -0.2) is 56.4 Å². The fourth-order valence-corrected chi connectivity index (χ4v) is 8.61. The Balaban J connectivity index is 1.19. The van der Waals surface area contributed by atoms with Gasteiger partial charge in [-0.2, -0.15) is 0 Å². The number of carbonyl (C=O) groups is 1. The highest BCUT2D eigenvalue weighted by molar-refractivity contribution is 7.89. The SMILES string of the molecule is CCCC(C)NS(=O)(=O)c1ccc(N2CCN(C(=O)C34CC5CC(CC(C5)C3)C4)CC2)nc1. The standard InChI is InChI=1S/C25H38N4O3S/c1-3-4-18(2)27-33(31,32)22-5-6-23(26-17-22)28-7-9-29(10-8-28)24(30)25-14-19-11-20(15-25)13-21(12-19)16-25/h5-6,17-21,27H,3-4,7-16H2,1-2H3. The summed E-state index contributed by atoms with van der Waals surface area (Å²) in [5.41, 5.74) is -0.0763. The largest absolute Gasteiger partial charge is 0.353 e. The van der Waals surface area contributed by atoms with E-state index >= 15 is 0 Å². The fourth-order valence-electron chi connectivity index (χ4n) is 7.39. The first-order chi connectivity index (χ1) is 15.8. The molecule has 0 spiro atoms. The molecular weight excluding hydrogens is 436 g/mol. The van der Waals surface area contributed by atoms with Crippen molar-refractivity contribution in [2.75, 3.05) is 31.1 Å². The molecule has 1 aliphatic heterocycles. The summed E-state index contributed by atoms with van der Waals surface area (Å²) in [7, 11) is -3.56. The van der Waals surface area contributed by atoms with Gasteiger partial charge in [0.25, 0.3) is 0 Å². The third-order valence-corrected chi connectivity index (χ3v) is 10.1. The summed E-state index contributed by atoms with van der Waals surface area (Å²) in [6.45, 7) is 6.84. The van der Waals surface area contributed by atoms with Crippen molar-refractivity contribution < 1.29 is 13.2 Å². The predicted octanol–water partition coefficient (Wildman–Crippen LogP) is 3.41. The molecule has 0 aromatic carbocycles. The predicted molar refractivity (Wildman–Crippen MR) is 128 cm³/mol. The Hall–Kier alpha value is -1.67. The normalized spacial score (nSPS) is 32.2. The minimum absolute atomic E-state index is 0.0763. The van der Waals surface area contributed by atoms with Crippen LogP contribution in [0.2, 0.25) is 0 Å². The van der Waals surface area contributed by atoms with Crippen molar-refractivity contribution in [1.82, 2.24) is 14.6 Å². The molecular formula is C25H38N4O3S. The second kappa shape index (κ2) is 8.84. The van der Waals surface area contributed by atoms with E-state index in [1.165, 1.54) is 25.5 Å². The molecule has 1 aromatic rings. The maximum Gasteiger partial charge on any atom is 0.242 e. The Labute approximate surface area is 198 Å². The third-order valence-electron chi connectivity index (χ3n) is 8.49. The van der Waals surface area contributed by atoms with Crippen LogP contribution in [-0.2, 0) is 14.8 Å². The summed E-state index contributed by atoms with van der Waals surface area (Å²) in [4.78, 5) is 22.5. The molecule has 4 bridgehead atoms. The molecule has 5 fully saturated rings. The van der Waals surface area contributed by atoms with Crippen LogP contribution in [0.4, 0.5) is 5.82 Å². The van der Waals surface area contributed by atoms with Crippen LogP contribution in [0.25, 0.3) is 0 Å². The van der Waals surface area contributed by atoms with Gasteiger partial charge >= 0.3 is 0 Å². The number of hydrogen-bond donors (Lipinski definition) is 1. The number of sulfonamides is 1. The molecule has 33 heavy (non-hydrogen) atoms. The van der Waals surface area contributed by atoms with Crippen molar-refractivity contribution in [3.63, 3.8) is 0 Å². The average molecular weight is 475 g/mol. The van der Waals surface area contributed by atoms with E-state index in [9.17, 15) is 13.2 Å². The van der Waals surface area contributed by atoms with Crippen molar-refractivity contribution in [3.05, 3.63) is 18.3 Å². The molecule has 1 saturated heterocycles. The quantitative estimate of drug-likeness (QED) is 0.655. The zero-order valence-corrected chi connectivity index (χ0v) is 20.8. The van der Waals surface area contributed by atoms with Gasteiger partial charge in [-0.3, -0.25) is 4.79 Å². The summed E-state index contributed by atoms with van der Waals surface area (Å²) in [5, 5.41) is 0. The molecule has 2 heterocycles. The number of anilines is 1. The van der Waals surface area contributed by atoms with Gasteiger partial charge in [0.1, 0.15) is 10.7 Å². The minimum atomic E-state index is -3.56. The number of amides is 1. The van der Waals surface area contributed by atoms with Crippen molar-refractivity contribution in [2.24, 2.45) is 23.2 Å². The summed E-state index contributed by atoms with van der Waals surface area (Å²) in [5.74, 6) is 3.51. The third kappa shape index (κ3) is 4.53. The molecule has 1 aromatic heterocycles. The van der Waals surface area contributed by atoms with E-state index in [2.05, 4.69) is 19.5 Å². The Morgan fingerprint density at radius 3 is 2.21 bits per heavy atom. The lowest BCUT2D eigenvalue weighted by atomic mass is 9.49. The van der Waals surface area contributed by atoms with Crippen molar-refractivity contribution >= 4 is 21.7 Å². The van der Waals surface area contributed by atoms with Gasteiger partial charge in [0.2, 0.25) is 15.9 Å². The monoisotopic (exact) mass is 474 g/mol. The lowest BCUT2D eigenvalue weighted by Crippen LogP contribution is -2.58. The number of piperazine rings is 1. The van der Waals surface area contributed by atoms with Crippen LogP contribution in [0.3, 0.4) is 0 Å². The topological polar surface area (TPSA) is 82.6 Å². The number of nitrogens with one attached hydrogen (secondary N) is 1. The zero-order chi connectivity index (χ0) is 23.2. The zero-order valence-electron chi connectivity index (χ0n) is 20.0. The highest BCUT2D eigenvalue weighted by Gasteiger charge is 2.55. The van der Waals surface area contributed by atoms with Crippen LogP contribution in [0.1, 0.15) is 65.2 Å². The van der Waals surface area contributed by atoms with Gasteiger partial charge in [-0.1, -0.05) is 13.3 Å². The van der Waals surface area contributed by atoms with E-state index < -0.39 is 10.0 Å². The van der Waals surface area contributed by atoms with Gasteiger partial charge < -0.3 is 9.80 Å². The van der Waals surface area contributed by atoms with E-state index in [1.807, 2.05) is 13.8 Å². The van der Waals surface area contributed by atoms with E-state index in [4.69, 9.17) is 0 Å². The lowest BCUT2D eigenvalue weighted by Gasteiger charge is -2.57. The molecule has 0 radical (unpaired) electrons. The molecule has 1 amide bonds. The molecule has 8 heteroatoms. The second-order valence-corrected chi connectivity index (χ2v) is 12.9. The van der Waals surface area contributed by atoms with E-state index in [0.29, 0.717) is 5.91 Å². The summed E-state index contributed by atoms with van der Waals surface area (Å²) >= 11 is 0. The highest BCUT2D eigenvalue weighted by atomic mass is 32.2. The number of aromatic nitrogens is 1. The maximum absolute atomic E-state index is 13.6. The minimum Gasteiger partial charge on any atom is -0.353 e. The Morgan fingerprint density at radius 1 is 1.09 bits per heavy atom. The van der Waals surface area contributed by atoms with Gasteiger partial charge in [0, 0.05) is 38.4 Å². The second-order valence-electron chi connectivity index (χ2n) is 11.1. The van der Waals surface area contributed by atoms with Crippen LogP contribution in [0, 0.1) is 23.2 Å². The fraction of sp³-hybridized carbons (Fsp3) is 0.760. The molecule has 7 nitrogen and oxygen atoms in total. The number of nitrogens with zero attached hydrogens (tertiary/aromatic N) is 3. The maximum atomic E-state index is 13.6. The number of pyridine rings is 1. The Kier molecular flexibility index (Phi) is 6.18. The molecule has 6 rings (SSSR count). The van der Waals surface area contributed by atoms with E-state index in [0.717, 1.165) is 81.9 Å². The first-order valence-corrected chi connectivity index (χ1v) is 14.3.